The molecule has 0 radical (unpaired) electrons. The fraction of sp³-hybridized carbons (Fsp3) is 0.0909. The van der Waals surface area contributed by atoms with Gasteiger partial charge in [-0.3, -0.25) is 4.79 Å². The van der Waals surface area contributed by atoms with Gasteiger partial charge in [-0.25, -0.2) is 4.98 Å². The predicted octanol–water partition coefficient (Wildman–Crippen LogP) is 4.13. The summed E-state index contributed by atoms with van der Waals surface area (Å²) in [6.07, 6.45) is -2.84. The molecule has 94 valence electrons. The van der Waals surface area contributed by atoms with Gasteiger partial charge in [0.2, 0.25) is 0 Å². The van der Waals surface area contributed by atoms with Crippen molar-refractivity contribution in [2.24, 2.45) is 0 Å². The third-order valence-electron chi connectivity index (χ3n) is 2.00. The third kappa shape index (κ3) is 3.11. The van der Waals surface area contributed by atoms with E-state index in [0.717, 1.165) is 23.4 Å². The second kappa shape index (κ2) is 5.11. The molecule has 0 aliphatic carbocycles. The summed E-state index contributed by atoms with van der Waals surface area (Å²) in [6, 6.07) is 3.97. The second-order valence-corrected chi connectivity index (χ2v) is 5.32. The molecular weight excluding hydrogens is 283 g/mol. The molecular formula is C11H6F3NOS2. The molecule has 0 saturated heterocycles. The van der Waals surface area contributed by atoms with Crippen LogP contribution < -0.4 is 0 Å². The standard InChI is InChI=1S/C11H6F3NOS2/c12-11(13,14)7-1-2-10(15-4-7)18-9-3-8(5-16)17-6-9/h1-6H. The molecule has 0 atom stereocenters. The van der Waals surface area contributed by atoms with E-state index in [9.17, 15) is 18.0 Å². The first-order chi connectivity index (χ1) is 8.49. The van der Waals surface area contributed by atoms with Crippen LogP contribution in [0.15, 0.2) is 39.7 Å². The Labute approximate surface area is 109 Å². The number of nitrogens with zero attached hydrogens (tertiary/aromatic N) is 1. The number of pyridine rings is 1. The summed E-state index contributed by atoms with van der Waals surface area (Å²) in [5.41, 5.74) is -0.772. The largest absolute Gasteiger partial charge is 0.417 e. The highest BCUT2D eigenvalue weighted by molar-refractivity contribution is 7.99. The molecule has 0 aromatic carbocycles. The van der Waals surface area contributed by atoms with Crippen LogP contribution in [0.3, 0.4) is 0 Å². The molecule has 2 rings (SSSR count). The van der Waals surface area contributed by atoms with Crippen LogP contribution in [0.2, 0.25) is 0 Å². The number of aldehydes is 1. The molecule has 0 aliphatic rings. The molecule has 0 bridgehead atoms. The van der Waals surface area contributed by atoms with Crippen molar-refractivity contribution in [3.63, 3.8) is 0 Å². The smallest absolute Gasteiger partial charge is 0.297 e. The van der Waals surface area contributed by atoms with E-state index in [0.29, 0.717) is 9.90 Å². The van der Waals surface area contributed by atoms with Crippen molar-refractivity contribution in [3.8, 4) is 0 Å². The first-order valence-corrected chi connectivity index (χ1v) is 6.43. The van der Waals surface area contributed by atoms with E-state index in [1.165, 1.54) is 29.2 Å². The van der Waals surface area contributed by atoms with E-state index in [-0.39, 0.29) is 0 Å². The number of carbonyl (C=O) groups is 1. The van der Waals surface area contributed by atoms with Gasteiger partial charge in [-0.15, -0.1) is 11.3 Å². The molecule has 0 fully saturated rings. The Morgan fingerprint density at radius 1 is 1.33 bits per heavy atom. The minimum atomic E-state index is -4.37. The van der Waals surface area contributed by atoms with Gasteiger partial charge in [0.1, 0.15) is 5.03 Å². The average molecular weight is 289 g/mol. The van der Waals surface area contributed by atoms with Crippen molar-refractivity contribution in [3.05, 3.63) is 40.2 Å². The molecule has 0 saturated carbocycles. The maximum Gasteiger partial charge on any atom is 0.417 e. The van der Waals surface area contributed by atoms with E-state index < -0.39 is 11.7 Å². The fourth-order valence-electron chi connectivity index (χ4n) is 1.18. The van der Waals surface area contributed by atoms with Gasteiger partial charge >= 0.3 is 6.18 Å². The van der Waals surface area contributed by atoms with E-state index in [2.05, 4.69) is 4.98 Å². The third-order valence-corrected chi connectivity index (χ3v) is 3.93. The van der Waals surface area contributed by atoms with Gasteiger partial charge in [-0.05, 0) is 18.2 Å². The van der Waals surface area contributed by atoms with Crippen LogP contribution in [0.25, 0.3) is 0 Å². The van der Waals surface area contributed by atoms with Crippen molar-refractivity contribution in [1.82, 2.24) is 4.98 Å². The maximum atomic E-state index is 12.3. The van der Waals surface area contributed by atoms with Gasteiger partial charge in [0.15, 0.2) is 6.29 Å². The molecule has 2 heterocycles. The van der Waals surface area contributed by atoms with Gasteiger partial charge in [0, 0.05) is 16.5 Å². The topological polar surface area (TPSA) is 30.0 Å². The number of thiophene rings is 1. The number of hydrogen-bond acceptors (Lipinski definition) is 4. The van der Waals surface area contributed by atoms with Gasteiger partial charge in [-0.1, -0.05) is 11.8 Å². The van der Waals surface area contributed by atoms with Crippen LogP contribution >= 0.6 is 23.1 Å². The number of hydrogen-bond donors (Lipinski definition) is 0. The Bertz CT molecular complexity index is 548. The Balaban J connectivity index is 2.13. The van der Waals surface area contributed by atoms with Crippen LogP contribution in [0.1, 0.15) is 15.2 Å². The SMILES string of the molecule is O=Cc1cc(Sc2ccc(C(F)(F)F)cn2)cs1. The summed E-state index contributed by atoms with van der Waals surface area (Å²) in [5, 5.41) is 2.21. The number of alkyl halides is 3. The molecule has 0 N–H and O–H groups in total. The highest BCUT2D eigenvalue weighted by Gasteiger charge is 2.30. The molecule has 0 unspecified atom stereocenters. The highest BCUT2D eigenvalue weighted by atomic mass is 32.2. The lowest BCUT2D eigenvalue weighted by atomic mass is 10.3. The van der Waals surface area contributed by atoms with Crippen molar-refractivity contribution in [1.29, 1.82) is 0 Å². The number of carbonyl (C=O) groups excluding carboxylic acids is 1. The van der Waals surface area contributed by atoms with E-state index >= 15 is 0 Å². The van der Waals surface area contributed by atoms with Crippen molar-refractivity contribution in [2.45, 2.75) is 16.1 Å². The fourth-order valence-corrected chi connectivity index (χ4v) is 2.83. The van der Waals surface area contributed by atoms with Crippen molar-refractivity contribution in [2.75, 3.05) is 0 Å². The summed E-state index contributed by atoms with van der Waals surface area (Å²) in [5.74, 6) is 0. The van der Waals surface area contributed by atoms with Crippen LogP contribution in [0.5, 0.6) is 0 Å². The molecule has 2 aromatic heterocycles. The maximum absolute atomic E-state index is 12.3. The van der Waals surface area contributed by atoms with Crippen LogP contribution in [-0.2, 0) is 6.18 Å². The van der Waals surface area contributed by atoms with Gasteiger partial charge in [0.05, 0.1) is 10.4 Å². The Hall–Kier alpha value is -1.34. The summed E-state index contributed by atoms with van der Waals surface area (Å²) in [7, 11) is 0. The summed E-state index contributed by atoms with van der Waals surface area (Å²) < 4.78 is 36.9. The van der Waals surface area contributed by atoms with E-state index in [4.69, 9.17) is 0 Å². The Morgan fingerprint density at radius 2 is 2.11 bits per heavy atom. The molecule has 7 heteroatoms. The molecule has 0 spiro atoms. The molecule has 0 aliphatic heterocycles. The molecule has 2 nitrogen and oxygen atoms in total. The Kier molecular flexibility index (Phi) is 3.72. The van der Waals surface area contributed by atoms with Crippen LogP contribution in [0.4, 0.5) is 13.2 Å². The van der Waals surface area contributed by atoms with Crippen LogP contribution in [0, 0.1) is 0 Å². The molecule has 0 amide bonds. The first kappa shape index (κ1) is 13.1. The number of halogens is 3. The zero-order valence-corrected chi connectivity index (χ0v) is 10.4. The monoisotopic (exact) mass is 289 g/mol. The van der Waals surface area contributed by atoms with Gasteiger partial charge < -0.3 is 0 Å². The van der Waals surface area contributed by atoms with Crippen molar-refractivity contribution >= 4 is 29.4 Å². The lowest BCUT2D eigenvalue weighted by molar-refractivity contribution is -0.137. The zero-order chi connectivity index (χ0) is 13.2. The summed E-state index contributed by atoms with van der Waals surface area (Å²) in [6.45, 7) is 0. The van der Waals surface area contributed by atoms with Crippen LogP contribution in [-0.4, -0.2) is 11.3 Å². The first-order valence-electron chi connectivity index (χ1n) is 4.74. The number of rotatable bonds is 3. The van der Waals surface area contributed by atoms with Gasteiger partial charge in [-0.2, -0.15) is 13.2 Å². The highest BCUT2D eigenvalue weighted by Crippen LogP contribution is 2.32. The minimum absolute atomic E-state index is 0.457. The lowest BCUT2D eigenvalue weighted by Crippen LogP contribution is -2.04. The van der Waals surface area contributed by atoms with Gasteiger partial charge in [0.25, 0.3) is 0 Å². The lowest BCUT2D eigenvalue weighted by Gasteiger charge is -2.05. The molecule has 2 aromatic rings. The van der Waals surface area contributed by atoms with E-state index in [1.807, 2.05) is 0 Å². The minimum Gasteiger partial charge on any atom is -0.297 e. The molecule has 18 heavy (non-hydrogen) atoms. The van der Waals surface area contributed by atoms with E-state index in [1.54, 1.807) is 11.4 Å². The average Bonchev–Trinajstić information content (AvgIpc) is 2.76. The second-order valence-electron chi connectivity index (χ2n) is 3.29. The van der Waals surface area contributed by atoms with Crippen molar-refractivity contribution < 1.29 is 18.0 Å². The predicted molar refractivity (Wildman–Crippen MR) is 63.1 cm³/mol. The number of aromatic nitrogens is 1. The Morgan fingerprint density at radius 3 is 2.61 bits per heavy atom. The quantitative estimate of drug-likeness (QED) is 0.796. The summed E-state index contributed by atoms with van der Waals surface area (Å²) >= 11 is 2.50. The summed E-state index contributed by atoms with van der Waals surface area (Å²) in [4.78, 5) is 15.6. The normalized spacial score (nSPS) is 11.5. The zero-order valence-electron chi connectivity index (χ0n) is 8.77.